The van der Waals surface area contributed by atoms with Gasteiger partial charge in [0.25, 0.3) is 0 Å². The number of benzene rings is 1. The van der Waals surface area contributed by atoms with Crippen molar-refractivity contribution in [2.45, 2.75) is 31.5 Å². The summed E-state index contributed by atoms with van der Waals surface area (Å²) in [5.41, 5.74) is 2.70. The van der Waals surface area contributed by atoms with Crippen molar-refractivity contribution in [2.75, 3.05) is 32.8 Å². The Bertz CT molecular complexity index is 608. The molecule has 4 heteroatoms. The van der Waals surface area contributed by atoms with Crippen LogP contribution in [-0.4, -0.2) is 54.7 Å². The van der Waals surface area contributed by atoms with E-state index < -0.39 is 0 Å². The first kappa shape index (κ1) is 15.9. The molecule has 1 aromatic carbocycles. The van der Waals surface area contributed by atoms with Crippen LogP contribution in [0.2, 0.25) is 0 Å². The second kappa shape index (κ2) is 7.51. The van der Waals surface area contributed by atoms with Gasteiger partial charge in [0.1, 0.15) is 0 Å². The van der Waals surface area contributed by atoms with Gasteiger partial charge in [-0.05, 0) is 24.5 Å². The second-order valence-corrected chi connectivity index (χ2v) is 6.86. The third-order valence-corrected chi connectivity index (χ3v) is 5.39. The molecule has 0 amide bonds. The first-order chi connectivity index (χ1) is 11.9. The van der Waals surface area contributed by atoms with Gasteiger partial charge in [0, 0.05) is 43.8 Å². The lowest BCUT2D eigenvalue weighted by Gasteiger charge is -2.37. The Balaban J connectivity index is 1.52. The van der Waals surface area contributed by atoms with Crippen molar-refractivity contribution in [1.82, 2.24) is 9.80 Å². The van der Waals surface area contributed by atoms with Gasteiger partial charge >= 0.3 is 0 Å². The molecule has 2 saturated heterocycles. The van der Waals surface area contributed by atoms with E-state index in [2.05, 4.69) is 46.2 Å². The Morgan fingerprint density at radius 1 is 0.958 bits per heavy atom. The quantitative estimate of drug-likeness (QED) is 0.845. The molecule has 2 aromatic rings. The summed E-state index contributed by atoms with van der Waals surface area (Å²) in [6.45, 7) is 6.01. The van der Waals surface area contributed by atoms with Crippen molar-refractivity contribution in [2.24, 2.45) is 0 Å². The molecule has 0 saturated carbocycles. The van der Waals surface area contributed by atoms with Crippen molar-refractivity contribution in [3.63, 3.8) is 0 Å². The molecule has 0 spiro atoms. The van der Waals surface area contributed by atoms with E-state index in [9.17, 15) is 0 Å². The number of morpholine rings is 1. The second-order valence-electron chi connectivity index (χ2n) is 6.86. The summed E-state index contributed by atoms with van der Waals surface area (Å²) < 4.78 is 10.8. The fourth-order valence-corrected chi connectivity index (χ4v) is 4.17. The number of hydrogen-bond donors (Lipinski definition) is 0. The standard InChI is InChI=1S/C20H26N2O2/c1-2-4-17(5-3-1)14-20-19(21-9-12-23-13-10-21)6-8-22(20)15-18-7-11-24-16-18/h1-5,7,11,16,19-20H,6,8-10,12-15H2/t19-,20+/m0/s1. The first-order valence-electron chi connectivity index (χ1n) is 9.01. The molecule has 4 rings (SSSR count). The van der Waals surface area contributed by atoms with Gasteiger partial charge in [-0.1, -0.05) is 30.3 Å². The van der Waals surface area contributed by atoms with Crippen molar-refractivity contribution in [1.29, 1.82) is 0 Å². The number of likely N-dealkylation sites (tertiary alicyclic amines) is 1. The molecule has 3 heterocycles. The summed E-state index contributed by atoms with van der Waals surface area (Å²) >= 11 is 0. The molecule has 4 nitrogen and oxygen atoms in total. The Morgan fingerprint density at radius 2 is 1.79 bits per heavy atom. The van der Waals surface area contributed by atoms with E-state index in [4.69, 9.17) is 9.15 Å². The Labute approximate surface area is 144 Å². The minimum absolute atomic E-state index is 0.556. The summed E-state index contributed by atoms with van der Waals surface area (Å²) in [6, 6.07) is 14.2. The highest BCUT2D eigenvalue weighted by atomic mass is 16.5. The van der Waals surface area contributed by atoms with Crippen LogP contribution in [0.4, 0.5) is 0 Å². The SMILES string of the molecule is c1ccc(C[C@@H]2[C@@H](N3CCOCC3)CCN2Cc2ccoc2)cc1. The van der Waals surface area contributed by atoms with Crippen LogP contribution in [0.3, 0.4) is 0 Å². The number of rotatable bonds is 5. The van der Waals surface area contributed by atoms with Crippen LogP contribution in [0, 0.1) is 0 Å². The van der Waals surface area contributed by atoms with Gasteiger partial charge < -0.3 is 9.15 Å². The van der Waals surface area contributed by atoms with E-state index in [1.54, 1.807) is 6.26 Å². The van der Waals surface area contributed by atoms with Crippen molar-refractivity contribution in [3.05, 3.63) is 60.1 Å². The molecular formula is C20H26N2O2. The lowest BCUT2D eigenvalue weighted by Crippen LogP contribution is -2.50. The highest BCUT2D eigenvalue weighted by Crippen LogP contribution is 2.28. The van der Waals surface area contributed by atoms with Crippen LogP contribution in [0.25, 0.3) is 0 Å². The predicted molar refractivity (Wildman–Crippen MR) is 93.8 cm³/mol. The average Bonchev–Trinajstić information content (AvgIpc) is 3.28. The molecule has 0 unspecified atom stereocenters. The predicted octanol–water partition coefficient (Wildman–Crippen LogP) is 2.80. The Kier molecular flexibility index (Phi) is 4.97. The molecular weight excluding hydrogens is 300 g/mol. The van der Waals surface area contributed by atoms with E-state index in [-0.39, 0.29) is 0 Å². The molecule has 2 aliphatic heterocycles. The largest absolute Gasteiger partial charge is 0.472 e. The number of furan rings is 1. The zero-order valence-corrected chi connectivity index (χ0v) is 14.1. The van der Waals surface area contributed by atoms with Gasteiger partial charge in [-0.3, -0.25) is 9.80 Å². The van der Waals surface area contributed by atoms with Gasteiger partial charge in [-0.2, -0.15) is 0 Å². The van der Waals surface area contributed by atoms with E-state index in [0.29, 0.717) is 12.1 Å². The summed E-state index contributed by atoms with van der Waals surface area (Å²) in [4.78, 5) is 5.28. The molecule has 0 aliphatic carbocycles. The van der Waals surface area contributed by atoms with Gasteiger partial charge in [-0.15, -0.1) is 0 Å². The minimum Gasteiger partial charge on any atom is -0.472 e. The third kappa shape index (κ3) is 3.56. The molecule has 0 N–H and O–H groups in total. The lowest BCUT2D eigenvalue weighted by atomic mass is 9.98. The highest BCUT2D eigenvalue weighted by Gasteiger charge is 2.38. The summed E-state index contributed by atoms with van der Waals surface area (Å²) in [6.07, 6.45) is 6.01. The molecule has 0 radical (unpaired) electrons. The van der Waals surface area contributed by atoms with Gasteiger partial charge in [0.05, 0.1) is 25.7 Å². The summed E-state index contributed by atoms with van der Waals surface area (Å²) in [5, 5.41) is 0. The lowest BCUT2D eigenvalue weighted by molar-refractivity contribution is 0.00788. The maximum atomic E-state index is 5.56. The third-order valence-electron chi connectivity index (χ3n) is 5.39. The van der Waals surface area contributed by atoms with Crippen molar-refractivity contribution in [3.8, 4) is 0 Å². The van der Waals surface area contributed by atoms with Crippen LogP contribution in [0.5, 0.6) is 0 Å². The van der Waals surface area contributed by atoms with Crippen molar-refractivity contribution < 1.29 is 9.15 Å². The van der Waals surface area contributed by atoms with Gasteiger partial charge in [0.2, 0.25) is 0 Å². The van der Waals surface area contributed by atoms with Crippen LogP contribution in [0.15, 0.2) is 53.3 Å². The number of nitrogens with zero attached hydrogens (tertiary/aromatic N) is 2. The minimum atomic E-state index is 0.556. The average molecular weight is 326 g/mol. The highest BCUT2D eigenvalue weighted by molar-refractivity contribution is 5.18. The smallest absolute Gasteiger partial charge is 0.0947 e. The number of ether oxygens (including phenoxy) is 1. The molecule has 24 heavy (non-hydrogen) atoms. The first-order valence-corrected chi connectivity index (χ1v) is 9.01. The molecule has 2 aliphatic rings. The molecule has 128 valence electrons. The maximum absolute atomic E-state index is 5.56. The Morgan fingerprint density at radius 3 is 2.54 bits per heavy atom. The molecule has 2 fully saturated rings. The molecule has 2 atom stereocenters. The Hall–Kier alpha value is -1.62. The zero-order chi connectivity index (χ0) is 16.2. The van der Waals surface area contributed by atoms with Crippen molar-refractivity contribution >= 4 is 0 Å². The summed E-state index contributed by atoms with van der Waals surface area (Å²) in [7, 11) is 0. The summed E-state index contributed by atoms with van der Waals surface area (Å²) in [5.74, 6) is 0. The number of hydrogen-bond acceptors (Lipinski definition) is 4. The van der Waals surface area contributed by atoms with E-state index in [1.165, 1.54) is 17.5 Å². The zero-order valence-electron chi connectivity index (χ0n) is 14.1. The maximum Gasteiger partial charge on any atom is 0.0947 e. The topological polar surface area (TPSA) is 28.9 Å². The van der Waals surface area contributed by atoms with Crippen LogP contribution in [-0.2, 0) is 17.7 Å². The van der Waals surface area contributed by atoms with Crippen LogP contribution < -0.4 is 0 Å². The fraction of sp³-hybridized carbons (Fsp3) is 0.500. The van der Waals surface area contributed by atoms with E-state index >= 15 is 0 Å². The van der Waals surface area contributed by atoms with E-state index in [0.717, 1.165) is 45.8 Å². The van der Waals surface area contributed by atoms with Crippen LogP contribution in [0.1, 0.15) is 17.5 Å². The fourth-order valence-electron chi connectivity index (χ4n) is 4.17. The normalized spacial score (nSPS) is 26.0. The monoisotopic (exact) mass is 326 g/mol. The van der Waals surface area contributed by atoms with E-state index in [1.807, 2.05) is 6.26 Å². The molecule has 1 aromatic heterocycles. The molecule has 0 bridgehead atoms. The van der Waals surface area contributed by atoms with Gasteiger partial charge in [-0.25, -0.2) is 0 Å². The van der Waals surface area contributed by atoms with Crippen LogP contribution >= 0.6 is 0 Å². The van der Waals surface area contributed by atoms with Gasteiger partial charge in [0.15, 0.2) is 0 Å².